The van der Waals surface area contributed by atoms with E-state index >= 15 is 0 Å². The van der Waals surface area contributed by atoms with Crippen LogP contribution in [0, 0.1) is 0 Å². The Labute approximate surface area is 378 Å². The number of ether oxygens (including phenoxy) is 11. The first kappa shape index (κ1) is 55.1. The van der Waals surface area contributed by atoms with Gasteiger partial charge in [0.15, 0.2) is 37.7 Å². The molecule has 0 unspecified atom stereocenters. The maximum Gasteiger partial charge on any atom is 0.187 e. The highest BCUT2D eigenvalue weighted by atomic mass is 16.8. The standard InChI is InChI=1S/C36H62O31/c37-1-7-13(40)20(47)24(51)32(61-7)57-5-11-15(42)21(48)25(52)35(64-11)67-30-18(45)9(3-39)63-34(28(30)55)59-6-12-16(43)22(49)26(53)36(65-12)66-29-17(44)8(2-38)62-33(27(29)54)58-4-10-14(41)19(46)23(50)31(56)60-10/h7-56H,1-6H2/t7-,8-,9-,10-,11-,12-,13-,14-,15-,16-,17-,18-,19+,20+,21+,22+,23-,24-,25-,26-,27-,28-,29+,30+,31+,32+,33+,34+,35-,36-/m1/s1. The molecule has 6 aliphatic heterocycles. The summed E-state index contributed by atoms with van der Waals surface area (Å²) in [5, 5.41) is 208. The van der Waals surface area contributed by atoms with Crippen LogP contribution in [-0.4, -0.2) is 326 Å². The van der Waals surface area contributed by atoms with E-state index < -0.39 is 224 Å². The predicted octanol–water partition coefficient (Wildman–Crippen LogP) is -14.1. The minimum atomic E-state index is -2.12. The van der Waals surface area contributed by atoms with E-state index in [-0.39, 0.29) is 0 Å². The molecule has 0 aromatic heterocycles. The van der Waals surface area contributed by atoms with Gasteiger partial charge in [-0.25, -0.2) is 0 Å². The fraction of sp³-hybridized carbons (Fsp3) is 1.00. The molecule has 30 atom stereocenters. The molecule has 0 bridgehead atoms. The lowest BCUT2D eigenvalue weighted by Gasteiger charge is -2.47. The van der Waals surface area contributed by atoms with Crippen molar-refractivity contribution in [3.05, 3.63) is 0 Å². The van der Waals surface area contributed by atoms with E-state index in [2.05, 4.69) is 0 Å². The lowest BCUT2D eigenvalue weighted by atomic mass is 9.96. The molecule has 0 saturated carbocycles. The fourth-order valence-electron chi connectivity index (χ4n) is 8.19. The van der Waals surface area contributed by atoms with Crippen LogP contribution in [0.25, 0.3) is 0 Å². The van der Waals surface area contributed by atoms with Gasteiger partial charge in [0, 0.05) is 0 Å². The molecule has 31 nitrogen and oxygen atoms in total. The fourth-order valence-corrected chi connectivity index (χ4v) is 8.19. The molecular weight excluding hydrogens is 928 g/mol. The summed E-state index contributed by atoms with van der Waals surface area (Å²) in [6, 6.07) is 0. The first-order valence-electron chi connectivity index (χ1n) is 21.1. The topological polar surface area (TPSA) is 506 Å². The van der Waals surface area contributed by atoms with Gasteiger partial charge in [0.2, 0.25) is 0 Å². The van der Waals surface area contributed by atoms with Crippen LogP contribution in [0.2, 0.25) is 0 Å². The van der Waals surface area contributed by atoms with Crippen LogP contribution >= 0.6 is 0 Å². The smallest absolute Gasteiger partial charge is 0.187 e. The summed E-state index contributed by atoms with van der Waals surface area (Å²) in [5.74, 6) is 0. The van der Waals surface area contributed by atoms with Crippen LogP contribution < -0.4 is 0 Å². The summed E-state index contributed by atoms with van der Waals surface area (Å²) in [6.45, 7) is -5.04. The summed E-state index contributed by atoms with van der Waals surface area (Å²) >= 11 is 0. The van der Waals surface area contributed by atoms with Crippen LogP contribution in [0.3, 0.4) is 0 Å². The molecule has 6 rings (SSSR count). The molecule has 6 aliphatic rings. The highest BCUT2D eigenvalue weighted by Gasteiger charge is 2.55. The molecule has 0 spiro atoms. The Morgan fingerprint density at radius 1 is 0.254 bits per heavy atom. The highest BCUT2D eigenvalue weighted by Crippen LogP contribution is 2.34. The highest BCUT2D eigenvalue weighted by molar-refractivity contribution is 4.98. The van der Waals surface area contributed by atoms with Crippen molar-refractivity contribution >= 4 is 0 Å². The van der Waals surface area contributed by atoms with Gasteiger partial charge in [-0.05, 0) is 0 Å². The van der Waals surface area contributed by atoms with Crippen LogP contribution in [0.1, 0.15) is 0 Å². The maximum absolute atomic E-state index is 11.3. The normalized spacial score (nSPS) is 53.4. The lowest BCUT2D eigenvalue weighted by Crippen LogP contribution is -2.66. The summed E-state index contributed by atoms with van der Waals surface area (Å²) in [7, 11) is 0. The van der Waals surface area contributed by atoms with Crippen molar-refractivity contribution in [1.29, 1.82) is 0 Å². The average Bonchev–Trinajstić information content (AvgIpc) is 3.31. The maximum atomic E-state index is 11.3. The lowest BCUT2D eigenvalue weighted by molar-refractivity contribution is -0.376. The molecule has 0 radical (unpaired) electrons. The summed E-state index contributed by atoms with van der Waals surface area (Å²) in [4.78, 5) is 0. The van der Waals surface area contributed by atoms with Crippen molar-refractivity contribution < 1.29 is 154 Å². The zero-order chi connectivity index (χ0) is 49.3. The van der Waals surface area contributed by atoms with Gasteiger partial charge in [-0.1, -0.05) is 0 Å². The van der Waals surface area contributed by atoms with E-state index in [1.165, 1.54) is 0 Å². The van der Waals surface area contributed by atoms with E-state index in [9.17, 15) is 102 Å². The third-order valence-electron chi connectivity index (χ3n) is 12.4. The van der Waals surface area contributed by atoms with E-state index in [0.29, 0.717) is 0 Å². The van der Waals surface area contributed by atoms with Crippen molar-refractivity contribution in [2.75, 3.05) is 39.6 Å². The van der Waals surface area contributed by atoms with E-state index in [4.69, 9.17) is 52.1 Å². The minimum Gasteiger partial charge on any atom is -0.394 e. The number of hydrogen-bond acceptors (Lipinski definition) is 31. The van der Waals surface area contributed by atoms with Crippen molar-refractivity contribution in [3.63, 3.8) is 0 Å². The number of aliphatic hydroxyl groups excluding tert-OH is 20. The van der Waals surface area contributed by atoms with Gasteiger partial charge in [0.25, 0.3) is 0 Å². The molecule has 6 fully saturated rings. The minimum absolute atomic E-state index is 0.726. The Morgan fingerprint density at radius 2 is 0.522 bits per heavy atom. The summed E-state index contributed by atoms with van der Waals surface area (Å²) in [5.41, 5.74) is 0. The van der Waals surface area contributed by atoms with E-state index in [1.807, 2.05) is 0 Å². The second-order valence-electron chi connectivity index (χ2n) is 16.9. The molecule has 0 aromatic carbocycles. The van der Waals surface area contributed by atoms with Crippen LogP contribution in [-0.2, 0) is 52.1 Å². The second kappa shape index (κ2) is 23.5. The molecule has 0 aliphatic carbocycles. The monoisotopic (exact) mass is 990 g/mol. The first-order chi connectivity index (χ1) is 31.6. The zero-order valence-corrected chi connectivity index (χ0v) is 35.0. The number of rotatable bonds is 16. The molecule has 6 saturated heterocycles. The third kappa shape index (κ3) is 11.7. The zero-order valence-electron chi connectivity index (χ0n) is 35.0. The Balaban J connectivity index is 1.08. The van der Waals surface area contributed by atoms with Crippen molar-refractivity contribution in [3.8, 4) is 0 Å². The van der Waals surface area contributed by atoms with Crippen molar-refractivity contribution in [2.45, 2.75) is 184 Å². The van der Waals surface area contributed by atoms with Crippen molar-refractivity contribution in [1.82, 2.24) is 0 Å². The van der Waals surface area contributed by atoms with Crippen LogP contribution in [0.15, 0.2) is 0 Å². The molecule has 67 heavy (non-hydrogen) atoms. The third-order valence-corrected chi connectivity index (χ3v) is 12.4. The largest absolute Gasteiger partial charge is 0.394 e. The van der Waals surface area contributed by atoms with Gasteiger partial charge in [-0.2, -0.15) is 0 Å². The average molecular weight is 991 g/mol. The molecule has 392 valence electrons. The van der Waals surface area contributed by atoms with Gasteiger partial charge in [0.05, 0.1) is 39.6 Å². The SMILES string of the molecule is OC[C@H]1O[C@H](OC[C@H]2O[C@H](O[C@@H]3[C@@H](O)[C@@H](OC[C@H]4O[C@H](O[C@@H]5[C@@H](O)[C@@H](OC[C@H]6O[C@H](O)[C@H](O)[C@@H](O)[C@@H]6O)O[C@H](CO)[C@H]5O)[C@H](O)[C@@H](O)[C@@H]4O)O[C@H](CO)[C@H]3O)[C@H](O)[C@@H](O)[C@@H]2O)[C@H](O)[C@@H](O)[C@@H]1O. The first-order valence-corrected chi connectivity index (χ1v) is 21.1. The van der Waals surface area contributed by atoms with E-state index in [0.717, 1.165) is 0 Å². The molecule has 6 heterocycles. The Morgan fingerprint density at radius 3 is 0.881 bits per heavy atom. The van der Waals surface area contributed by atoms with Crippen LogP contribution in [0.4, 0.5) is 0 Å². The summed E-state index contributed by atoms with van der Waals surface area (Å²) < 4.78 is 60.1. The molecule has 31 heteroatoms. The predicted molar refractivity (Wildman–Crippen MR) is 199 cm³/mol. The molecule has 0 aromatic rings. The number of hydrogen-bond donors (Lipinski definition) is 20. The van der Waals surface area contributed by atoms with E-state index in [1.54, 1.807) is 0 Å². The Hall–Kier alpha value is -1.24. The molecular formula is C36H62O31. The van der Waals surface area contributed by atoms with Gasteiger partial charge in [-0.3, -0.25) is 0 Å². The number of aliphatic hydroxyl groups is 20. The van der Waals surface area contributed by atoms with Gasteiger partial charge in [0.1, 0.15) is 146 Å². The Kier molecular flexibility index (Phi) is 19.4. The molecule has 20 N–H and O–H groups in total. The Bertz CT molecular complexity index is 1510. The second-order valence-corrected chi connectivity index (χ2v) is 16.9. The van der Waals surface area contributed by atoms with Crippen LogP contribution in [0.5, 0.6) is 0 Å². The summed E-state index contributed by atoms with van der Waals surface area (Å²) in [6.07, 6.45) is -55.9. The molecule has 0 amide bonds. The van der Waals surface area contributed by atoms with Crippen molar-refractivity contribution in [2.24, 2.45) is 0 Å². The quantitative estimate of drug-likeness (QED) is 0.0683. The van der Waals surface area contributed by atoms with Gasteiger partial charge >= 0.3 is 0 Å². The van der Waals surface area contributed by atoms with Gasteiger partial charge < -0.3 is 154 Å². The van der Waals surface area contributed by atoms with Gasteiger partial charge in [-0.15, -0.1) is 0 Å².